The number of imidazole rings is 1. The number of pyridine rings is 1. The van der Waals surface area contributed by atoms with Crippen molar-refractivity contribution in [2.24, 2.45) is 7.05 Å². The maximum atomic E-state index is 5.99. The molecule has 0 aliphatic rings. The van der Waals surface area contributed by atoms with Crippen LogP contribution in [0.4, 0.5) is 5.69 Å². The fraction of sp³-hybridized carbons (Fsp3) is 0.308. The first-order valence-corrected chi connectivity index (χ1v) is 13.6. The van der Waals surface area contributed by atoms with Crippen LogP contribution in [0.25, 0.3) is 16.2 Å². The van der Waals surface area contributed by atoms with Crippen LogP contribution < -0.4 is 5.32 Å². The number of hydrogen-bond donors (Lipinski definition) is 1. The monoisotopic (exact) mass is 585 g/mol. The summed E-state index contributed by atoms with van der Waals surface area (Å²) < 4.78 is 1.98. The molecule has 0 aliphatic carbocycles. The number of rotatable bonds is 7. The van der Waals surface area contributed by atoms with E-state index in [1.807, 2.05) is 59.4 Å². The summed E-state index contributed by atoms with van der Waals surface area (Å²) >= 11 is 7.82. The number of fused-ring (bicyclic) bond motifs is 1. The molecule has 0 unspecified atom stereocenters. The van der Waals surface area contributed by atoms with E-state index in [4.69, 9.17) is 11.6 Å². The van der Waals surface area contributed by atoms with Crippen LogP contribution in [0.5, 0.6) is 0 Å². The molecule has 0 atom stereocenters. The summed E-state index contributed by atoms with van der Waals surface area (Å²) in [6, 6.07) is 16.4. The molecule has 5 nitrogen and oxygen atoms in total. The SMILES string of the molecule is Cc1ccc(C(C)C)cc1.Cn1ccnc1C[N-]CCNc1ccnc2cc(Cl)ccc12.[Cl][Ru+]. The number of aromatic nitrogens is 3. The zero-order chi connectivity index (χ0) is 24.9. The number of hydrogen-bond acceptors (Lipinski definition) is 3. The quantitative estimate of drug-likeness (QED) is 0.182. The zero-order valence-electron chi connectivity index (χ0n) is 19.9. The van der Waals surface area contributed by atoms with E-state index in [1.165, 1.54) is 11.1 Å². The number of halogens is 2. The van der Waals surface area contributed by atoms with Gasteiger partial charge in [0.05, 0.1) is 11.3 Å². The first-order chi connectivity index (χ1) is 16.4. The van der Waals surface area contributed by atoms with E-state index in [-0.39, 0.29) is 0 Å². The van der Waals surface area contributed by atoms with Gasteiger partial charge >= 0.3 is 27.0 Å². The van der Waals surface area contributed by atoms with Gasteiger partial charge in [-0.1, -0.05) is 61.8 Å². The van der Waals surface area contributed by atoms with Gasteiger partial charge < -0.3 is 15.2 Å². The Balaban J connectivity index is 0.000000286. The minimum absolute atomic E-state index is 0.637. The van der Waals surface area contributed by atoms with Gasteiger partial charge in [0.25, 0.3) is 0 Å². The number of nitrogens with zero attached hydrogens (tertiary/aromatic N) is 4. The van der Waals surface area contributed by atoms with Gasteiger partial charge in [0, 0.05) is 41.7 Å². The molecule has 0 aliphatic heterocycles. The second-order valence-corrected chi connectivity index (χ2v) is 8.51. The molecule has 2 aromatic heterocycles. The molecular formula is C26H31Cl2N5Ru. The Labute approximate surface area is 222 Å². The van der Waals surface area contributed by atoms with Crippen molar-refractivity contribution in [3.63, 3.8) is 0 Å². The van der Waals surface area contributed by atoms with Gasteiger partial charge in [0.1, 0.15) is 0 Å². The standard InChI is InChI=1S/C16H17ClN5.C10H14.ClH.Ru/c1-22-9-8-21-16(22)11-18-6-7-20-14-4-5-19-15-10-12(17)2-3-13(14)15;1-8(2)10-6-4-9(3)5-7-10;;/h2-5,8-10H,6-7,11H2,1H3,(H,19,20);4-8H,1-3H3;1H;/q-1;;;+2/p-1. The van der Waals surface area contributed by atoms with E-state index >= 15 is 0 Å². The van der Waals surface area contributed by atoms with Crippen molar-refractivity contribution in [3.05, 3.63) is 94.4 Å². The third-order valence-electron chi connectivity index (χ3n) is 5.21. The molecular weight excluding hydrogens is 554 g/mol. The van der Waals surface area contributed by atoms with Crippen LogP contribution in [-0.4, -0.2) is 27.6 Å². The Bertz CT molecular complexity index is 1130. The molecule has 0 radical (unpaired) electrons. The van der Waals surface area contributed by atoms with E-state index in [0.29, 0.717) is 17.5 Å². The van der Waals surface area contributed by atoms with Crippen molar-refractivity contribution in [1.82, 2.24) is 14.5 Å². The van der Waals surface area contributed by atoms with Gasteiger partial charge in [-0.15, -0.1) is 6.54 Å². The Morgan fingerprint density at radius 2 is 1.76 bits per heavy atom. The van der Waals surface area contributed by atoms with Gasteiger partial charge in [0.2, 0.25) is 0 Å². The van der Waals surface area contributed by atoms with Crippen molar-refractivity contribution in [1.29, 1.82) is 0 Å². The fourth-order valence-corrected chi connectivity index (χ4v) is 3.39. The number of benzene rings is 2. The number of nitrogens with one attached hydrogen (secondary N) is 1. The third kappa shape index (κ3) is 9.00. The first-order valence-electron chi connectivity index (χ1n) is 11.0. The van der Waals surface area contributed by atoms with Crippen LogP contribution in [0, 0.1) is 6.92 Å². The second kappa shape index (κ2) is 15.1. The van der Waals surface area contributed by atoms with Crippen molar-refractivity contribution in [2.75, 3.05) is 18.4 Å². The molecule has 4 rings (SSSR count). The number of aryl methyl sites for hydroxylation is 2. The van der Waals surface area contributed by atoms with Gasteiger partial charge in [0.15, 0.2) is 0 Å². The maximum absolute atomic E-state index is 5.99. The predicted octanol–water partition coefficient (Wildman–Crippen LogP) is 7.41. The second-order valence-electron chi connectivity index (χ2n) is 8.07. The van der Waals surface area contributed by atoms with E-state index in [0.717, 1.165) is 35.5 Å². The zero-order valence-corrected chi connectivity index (χ0v) is 23.2. The Morgan fingerprint density at radius 1 is 1.03 bits per heavy atom. The average Bonchev–Trinajstić information content (AvgIpc) is 3.25. The van der Waals surface area contributed by atoms with E-state index in [2.05, 4.69) is 75.3 Å². The van der Waals surface area contributed by atoms with Crippen LogP contribution in [0.15, 0.2) is 67.1 Å². The Hall–Kier alpha value is -1.98. The molecule has 4 aromatic rings. The molecule has 1 N–H and O–H groups in total. The fourth-order valence-electron chi connectivity index (χ4n) is 3.22. The summed E-state index contributed by atoms with van der Waals surface area (Å²) in [6.07, 6.45) is 5.50. The normalized spacial score (nSPS) is 10.4. The minimum atomic E-state index is 0.637. The summed E-state index contributed by atoms with van der Waals surface area (Å²) in [5, 5.41) is 9.66. The molecule has 2 aromatic carbocycles. The van der Waals surface area contributed by atoms with Crippen LogP contribution in [0.2, 0.25) is 5.02 Å². The molecule has 8 heteroatoms. The molecule has 34 heavy (non-hydrogen) atoms. The van der Waals surface area contributed by atoms with E-state index in [9.17, 15) is 0 Å². The molecule has 0 saturated carbocycles. The van der Waals surface area contributed by atoms with Crippen molar-refractivity contribution >= 4 is 37.9 Å². The molecule has 0 amide bonds. The van der Waals surface area contributed by atoms with Gasteiger partial charge in [-0.3, -0.25) is 4.98 Å². The average molecular weight is 586 g/mol. The van der Waals surface area contributed by atoms with Crippen molar-refractivity contribution in [2.45, 2.75) is 33.2 Å². The van der Waals surface area contributed by atoms with Crippen LogP contribution in [0.3, 0.4) is 0 Å². The number of anilines is 1. The Morgan fingerprint density at radius 3 is 2.41 bits per heavy atom. The topological polar surface area (TPSA) is 56.8 Å². The van der Waals surface area contributed by atoms with Crippen LogP contribution >= 0.6 is 21.3 Å². The summed E-state index contributed by atoms with van der Waals surface area (Å²) in [5.74, 6) is 1.63. The predicted molar refractivity (Wildman–Crippen MR) is 142 cm³/mol. The third-order valence-corrected chi connectivity index (χ3v) is 5.44. The molecule has 0 spiro atoms. The molecule has 182 valence electrons. The van der Waals surface area contributed by atoms with Crippen molar-refractivity contribution < 1.29 is 17.3 Å². The summed E-state index contributed by atoms with van der Waals surface area (Å²) in [7, 11) is 6.55. The van der Waals surface area contributed by atoms with Crippen LogP contribution in [0.1, 0.15) is 36.7 Å². The van der Waals surface area contributed by atoms with Gasteiger partial charge in [-0.2, -0.15) is 0 Å². The Kier molecular flexibility index (Phi) is 12.6. The van der Waals surface area contributed by atoms with E-state index < -0.39 is 0 Å². The summed E-state index contributed by atoms with van der Waals surface area (Å²) in [6.45, 7) is 8.67. The summed E-state index contributed by atoms with van der Waals surface area (Å²) in [5.41, 5.74) is 4.70. The molecule has 0 bridgehead atoms. The van der Waals surface area contributed by atoms with Gasteiger partial charge in [-0.25, -0.2) is 4.98 Å². The van der Waals surface area contributed by atoms with Gasteiger partial charge in [-0.05, 0) is 49.2 Å². The molecule has 0 fully saturated rings. The first kappa shape index (κ1) is 28.3. The van der Waals surface area contributed by atoms with E-state index in [1.54, 1.807) is 12.4 Å². The van der Waals surface area contributed by atoms with Crippen molar-refractivity contribution in [3.8, 4) is 0 Å². The molecule has 0 saturated heterocycles. The molecule has 2 heterocycles. The summed E-state index contributed by atoms with van der Waals surface area (Å²) in [4.78, 5) is 8.58. The van der Waals surface area contributed by atoms with Crippen LogP contribution in [-0.2, 0) is 30.9 Å².